The lowest BCUT2D eigenvalue weighted by Gasteiger charge is -2.37. The molecule has 5 atom stereocenters. The molecule has 5 aliphatic rings. The highest BCUT2D eigenvalue weighted by Gasteiger charge is 2.48. The van der Waals surface area contributed by atoms with Crippen molar-refractivity contribution in [3.05, 3.63) is 40.2 Å². The van der Waals surface area contributed by atoms with Crippen molar-refractivity contribution < 1.29 is 115 Å². The first-order valence-electron chi connectivity index (χ1n) is 28.1. The molecule has 1 aromatic heterocycles. The number of hydrogen-bond donors (Lipinski definition) is 2. The fraction of sp³-hybridized carbons (Fsp3) is 0.647. The molecule has 6 heterocycles. The largest absolute Gasteiger partial charge is 0.470 e. The molecule has 0 spiro atoms. The highest BCUT2D eigenvalue weighted by atomic mass is 32.3. The summed E-state index contributed by atoms with van der Waals surface area (Å²) in [6.07, 6.45) is -2.87. The molecule has 6 rings (SSSR count). The van der Waals surface area contributed by atoms with E-state index in [-0.39, 0.29) is 90.1 Å². The SMILES string of the molecule is CCN(C(=O)OCOC(=O)CCCC(=O)OCC(=O)O[C@H](COc1nsnc1N1CCOCC1)CN(C(=O)COC(=O)CCCC(=O)OCOC(=O)N(CC)[C@H]1C=C(S(N)(=O)=O)SC2=C1C[C@H](C)S2(=O)=O)C(C)(C)C)[C@H]1C=C(S(N)(=O)=O)SC2=C1C[C@H](C)S2(=O)=O. The first-order chi connectivity index (χ1) is 42.6. The van der Waals surface area contributed by atoms with E-state index in [9.17, 15) is 72.0 Å². The Bertz CT molecular complexity index is 3540. The highest BCUT2D eigenvalue weighted by Crippen LogP contribution is 2.50. The van der Waals surface area contributed by atoms with E-state index in [0.29, 0.717) is 55.6 Å². The molecule has 508 valence electrons. The van der Waals surface area contributed by atoms with E-state index < -0.39 is 170 Å². The van der Waals surface area contributed by atoms with Gasteiger partial charge in [0.1, 0.15) is 23.6 Å². The first-order valence-corrected chi connectivity index (χ1v) is 36.7. The number of likely N-dealkylation sites (N-methyl/N-ethyl adjacent to an activating group) is 2. The number of anilines is 1. The predicted molar refractivity (Wildman–Crippen MR) is 324 cm³/mol. The number of nitrogens with zero attached hydrogens (tertiary/aromatic N) is 6. The molecular formula is C51H72N8O25S7. The van der Waals surface area contributed by atoms with Crippen LogP contribution >= 0.6 is 35.3 Å². The summed E-state index contributed by atoms with van der Waals surface area (Å²) in [7, 11) is -16.6. The molecule has 0 bridgehead atoms. The van der Waals surface area contributed by atoms with Crippen LogP contribution in [0.4, 0.5) is 15.4 Å². The van der Waals surface area contributed by atoms with Crippen molar-refractivity contribution in [2.45, 2.75) is 134 Å². The van der Waals surface area contributed by atoms with Gasteiger partial charge >= 0.3 is 42.0 Å². The lowest BCUT2D eigenvalue weighted by molar-refractivity contribution is -0.167. The highest BCUT2D eigenvalue weighted by molar-refractivity contribution is 8.28. The lowest BCUT2D eigenvalue weighted by atomic mass is 10.0. The average Bonchev–Trinajstić information content (AvgIpc) is 1.63. The number of primary sulfonamides is 2. The van der Waals surface area contributed by atoms with Gasteiger partial charge in [-0.05, 0) is 97.4 Å². The number of aromatic nitrogens is 2. The zero-order chi connectivity index (χ0) is 67.4. The van der Waals surface area contributed by atoms with Gasteiger partial charge in [-0.3, -0.25) is 33.8 Å². The number of esters is 5. The van der Waals surface area contributed by atoms with Crippen LogP contribution in [0.3, 0.4) is 0 Å². The van der Waals surface area contributed by atoms with Crippen LogP contribution in [0.15, 0.2) is 40.2 Å². The molecule has 1 saturated heterocycles. The third-order valence-electron chi connectivity index (χ3n) is 14.2. The predicted octanol–water partition coefficient (Wildman–Crippen LogP) is 1.97. The molecule has 1 aromatic rings. The van der Waals surface area contributed by atoms with Crippen molar-refractivity contribution in [3.63, 3.8) is 0 Å². The van der Waals surface area contributed by atoms with Gasteiger partial charge < -0.3 is 52.4 Å². The van der Waals surface area contributed by atoms with Crippen LogP contribution < -0.4 is 19.9 Å². The van der Waals surface area contributed by atoms with Crippen molar-refractivity contribution in [1.29, 1.82) is 0 Å². The number of carbonyl (C=O) groups is 8. The number of rotatable bonds is 29. The minimum absolute atomic E-state index is 0.0108. The summed E-state index contributed by atoms with van der Waals surface area (Å²) in [6.45, 7) is 8.24. The summed E-state index contributed by atoms with van der Waals surface area (Å²) in [5.41, 5.74) is -0.460. The summed E-state index contributed by atoms with van der Waals surface area (Å²) >= 11 is 1.84. The third kappa shape index (κ3) is 19.7. The first kappa shape index (κ1) is 73.9. The molecule has 0 saturated carbocycles. The minimum atomic E-state index is -4.38. The monoisotopic (exact) mass is 1420 g/mol. The van der Waals surface area contributed by atoms with E-state index in [0.717, 1.165) is 33.7 Å². The molecule has 1 fully saturated rings. The summed E-state index contributed by atoms with van der Waals surface area (Å²) < 4.78 is 156. The maximum absolute atomic E-state index is 13.8. The number of thioether (sulfide) groups is 2. The van der Waals surface area contributed by atoms with Crippen LogP contribution in [0.25, 0.3) is 0 Å². The van der Waals surface area contributed by atoms with Crippen LogP contribution in [-0.4, -0.2) is 219 Å². The Morgan fingerprint density at radius 3 is 1.54 bits per heavy atom. The molecule has 33 nitrogen and oxygen atoms in total. The van der Waals surface area contributed by atoms with Crippen molar-refractivity contribution in [2.24, 2.45) is 10.3 Å². The Labute approximate surface area is 538 Å². The van der Waals surface area contributed by atoms with E-state index in [2.05, 4.69) is 8.75 Å². The molecule has 0 radical (unpaired) electrons. The Kier molecular flexibility index (Phi) is 25.7. The van der Waals surface area contributed by atoms with Gasteiger partial charge in [-0.1, -0.05) is 23.5 Å². The van der Waals surface area contributed by atoms with Gasteiger partial charge in [0, 0.05) is 57.4 Å². The second-order valence-corrected chi connectivity index (χ2v) is 33.0. The molecule has 91 heavy (non-hydrogen) atoms. The molecule has 3 amide bonds. The van der Waals surface area contributed by atoms with Crippen molar-refractivity contribution in [2.75, 3.05) is 84.2 Å². The Balaban J connectivity index is 0.957. The second kappa shape index (κ2) is 31.7. The van der Waals surface area contributed by atoms with Crippen LogP contribution in [0.5, 0.6) is 5.88 Å². The molecule has 5 aliphatic heterocycles. The van der Waals surface area contributed by atoms with E-state index in [4.69, 9.17) is 52.9 Å². The van der Waals surface area contributed by atoms with Gasteiger partial charge in [0.15, 0.2) is 39.0 Å². The minimum Gasteiger partial charge on any atom is -0.470 e. The number of amides is 3. The number of hydrogen-bond acceptors (Lipinski definition) is 31. The third-order valence-corrected chi connectivity index (χ3v) is 25.4. The summed E-state index contributed by atoms with van der Waals surface area (Å²) in [5, 5.41) is 8.87. The molecule has 4 N–H and O–H groups in total. The molecule has 0 aromatic carbocycles. The van der Waals surface area contributed by atoms with Gasteiger partial charge in [0.2, 0.25) is 39.5 Å². The zero-order valence-electron chi connectivity index (χ0n) is 50.6. The molecule has 0 aliphatic carbocycles. The van der Waals surface area contributed by atoms with Crippen LogP contribution in [0.1, 0.15) is 99.8 Å². The van der Waals surface area contributed by atoms with Gasteiger partial charge in [0.25, 0.3) is 11.8 Å². The van der Waals surface area contributed by atoms with Crippen molar-refractivity contribution >= 4 is 129 Å². The summed E-state index contributed by atoms with van der Waals surface area (Å²) in [6, 6.07) is -2.30. The van der Waals surface area contributed by atoms with E-state index in [1.54, 1.807) is 20.8 Å². The molecule has 0 unspecified atom stereocenters. The maximum Gasteiger partial charge on any atom is 0.413 e. The Morgan fingerprint density at radius 2 is 1.11 bits per heavy atom. The van der Waals surface area contributed by atoms with E-state index >= 15 is 0 Å². The lowest BCUT2D eigenvalue weighted by Crippen LogP contribution is -2.52. The number of sulfonamides is 2. The number of carbonyl (C=O) groups excluding carboxylic acids is 8. The number of sulfone groups is 2. The number of morpholine rings is 1. The van der Waals surface area contributed by atoms with Crippen molar-refractivity contribution in [3.8, 4) is 5.88 Å². The van der Waals surface area contributed by atoms with Crippen molar-refractivity contribution in [1.82, 2.24) is 23.4 Å². The topological polar surface area (TPSA) is 447 Å². The van der Waals surface area contributed by atoms with E-state index in [1.807, 2.05) is 4.90 Å². The van der Waals surface area contributed by atoms with E-state index in [1.165, 1.54) is 32.6 Å². The summed E-state index contributed by atoms with van der Waals surface area (Å²) in [5.74, 6) is -4.95. The normalized spacial score (nSPS) is 20.6. The zero-order valence-corrected chi connectivity index (χ0v) is 56.3. The fourth-order valence-electron chi connectivity index (χ4n) is 9.48. The van der Waals surface area contributed by atoms with Gasteiger partial charge in [-0.25, -0.2) is 58.3 Å². The Hall–Kier alpha value is -6.14. The van der Waals surface area contributed by atoms with Gasteiger partial charge in [-0.2, -0.15) is 4.37 Å². The number of ether oxygens (including phenoxy) is 9. The maximum atomic E-state index is 13.8. The van der Waals surface area contributed by atoms with Gasteiger partial charge in [0.05, 0.1) is 54.1 Å². The average molecular weight is 1420 g/mol. The molecular weight excluding hydrogens is 1350 g/mol. The number of nitrogens with two attached hydrogens (primary N) is 2. The smallest absolute Gasteiger partial charge is 0.413 e. The fourth-order valence-corrected chi connectivity index (χ4v) is 18.9. The van der Waals surface area contributed by atoms with Crippen LogP contribution in [-0.2, 0) is 106 Å². The Morgan fingerprint density at radius 1 is 0.670 bits per heavy atom. The second-order valence-electron chi connectivity index (χ2n) is 21.7. The quantitative estimate of drug-likeness (QED) is 0.0657. The molecule has 40 heteroatoms. The summed E-state index contributed by atoms with van der Waals surface area (Å²) in [4.78, 5) is 109. The van der Waals surface area contributed by atoms with Crippen LogP contribution in [0, 0.1) is 0 Å². The van der Waals surface area contributed by atoms with Crippen LogP contribution in [0.2, 0.25) is 0 Å². The van der Waals surface area contributed by atoms with Gasteiger partial charge in [-0.15, -0.1) is 4.37 Å². The standard InChI is InChI=1S/C51H72N8O25S7/c1-8-57(35-22-43(90(52,72)73)85-47-33(35)20-30(3)88(47,68)69)49(66)82-28-80-40(63)14-10-12-38(61)77-26-37(60)59(51(5,6)7)24-32(25-79-46-45(54-87-55-46)56-16-18-76-19-17-56)84-42(65)27-78-39(62)13-11-15-41(64)81-29-83-50(67)58(9-2)36-23-44(91(53,74)75)86-48-34(36)21-31(4)89(48,70)71/h22-23,30-32,35-36H,8-21,24-29H2,1-7H3,(H2,52,72,73)(H2,53,74,75)/t30-,31-,32-,35-,36-/m0/s1.